The Morgan fingerprint density at radius 2 is 2.18 bits per heavy atom. The smallest absolute Gasteiger partial charge is 0.387 e. The Bertz CT molecular complexity index is 443. The summed E-state index contributed by atoms with van der Waals surface area (Å²) in [7, 11) is 0. The second-order valence-electron chi connectivity index (χ2n) is 3.37. The second kappa shape index (κ2) is 5.38. The minimum Gasteiger partial charge on any atom is -0.481 e. The molecule has 0 saturated heterocycles. The Morgan fingerprint density at radius 3 is 2.65 bits per heavy atom. The number of hydrogen-bond acceptors (Lipinski definition) is 3. The van der Waals surface area contributed by atoms with E-state index in [0.717, 1.165) is 6.07 Å². The topological polar surface area (TPSA) is 63.6 Å². The Labute approximate surface area is 95.8 Å². The first-order valence-corrected chi connectivity index (χ1v) is 4.69. The lowest BCUT2D eigenvalue weighted by Gasteiger charge is -2.12. The molecule has 0 saturated carbocycles. The van der Waals surface area contributed by atoms with Crippen LogP contribution < -0.4 is 4.74 Å². The van der Waals surface area contributed by atoms with Crippen molar-refractivity contribution in [3.05, 3.63) is 28.8 Å². The predicted octanol–water partition coefficient (Wildman–Crippen LogP) is 2.04. The molecule has 0 amide bonds. The molecule has 4 nitrogen and oxygen atoms in total. The highest BCUT2D eigenvalue weighted by Crippen LogP contribution is 2.25. The lowest BCUT2D eigenvalue weighted by atomic mass is 10.0. The Morgan fingerprint density at radius 1 is 1.53 bits per heavy atom. The zero-order valence-electron chi connectivity index (χ0n) is 8.94. The van der Waals surface area contributed by atoms with E-state index in [9.17, 15) is 18.4 Å². The van der Waals surface area contributed by atoms with Crippen molar-refractivity contribution in [2.75, 3.05) is 0 Å². The number of carbonyl (C=O) groups is 2. The normalized spacial score (nSPS) is 10.4. The van der Waals surface area contributed by atoms with Crippen LogP contribution in [0.4, 0.5) is 8.78 Å². The number of aliphatic carboxylic acids is 1. The summed E-state index contributed by atoms with van der Waals surface area (Å²) in [5.74, 6) is -1.29. The molecule has 92 valence electrons. The summed E-state index contributed by atoms with van der Waals surface area (Å²) in [5, 5.41) is 8.65. The van der Waals surface area contributed by atoms with E-state index in [4.69, 9.17) is 5.11 Å². The fourth-order valence-electron chi connectivity index (χ4n) is 1.40. The Hall–Kier alpha value is -1.98. The van der Waals surface area contributed by atoms with Crippen molar-refractivity contribution in [3.63, 3.8) is 0 Å². The number of carbonyl (C=O) groups excluding carboxylic acids is 1. The van der Waals surface area contributed by atoms with Crippen molar-refractivity contribution in [3.8, 4) is 5.75 Å². The van der Waals surface area contributed by atoms with Gasteiger partial charge >= 0.3 is 12.6 Å². The first-order valence-electron chi connectivity index (χ1n) is 4.69. The number of carboxylic acid groups (broad SMARTS) is 1. The van der Waals surface area contributed by atoms with Crippen LogP contribution in [0.2, 0.25) is 0 Å². The van der Waals surface area contributed by atoms with Crippen LogP contribution in [0.3, 0.4) is 0 Å². The molecule has 0 unspecified atom stereocenters. The van der Waals surface area contributed by atoms with E-state index >= 15 is 0 Å². The summed E-state index contributed by atoms with van der Waals surface area (Å²) in [6, 6.07) is 2.49. The second-order valence-corrected chi connectivity index (χ2v) is 3.37. The third-order valence-electron chi connectivity index (χ3n) is 2.18. The van der Waals surface area contributed by atoms with Crippen molar-refractivity contribution in [2.45, 2.75) is 20.0 Å². The summed E-state index contributed by atoms with van der Waals surface area (Å²) >= 11 is 0. The minimum absolute atomic E-state index is 0.0995. The van der Waals surface area contributed by atoms with Crippen LogP contribution in [0.1, 0.15) is 21.5 Å². The van der Waals surface area contributed by atoms with E-state index < -0.39 is 12.6 Å². The van der Waals surface area contributed by atoms with E-state index in [2.05, 4.69) is 4.74 Å². The lowest BCUT2D eigenvalue weighted by molar-refractivity contribution is -0.136. The lowest BCUT2D eigenvalue weighted by Crippen LogP contribution is -2.08. The molecule has 0 aromatic heterocycles. The molecule has 0 aliphatic rings. The van der Waals surface area contributed by atoms with Crippen LogP contribution in [0, 0.1) is 6.92 Å². The highest BCUT2D eigenvalue weighted by atomic mass is 19.3. The van der Waals surface area contributed by atoms with Gasteiger partial charge in [-0.1, -0.05) is 0 Å². The third kappa shape index (κ3) is 3.51. The number of alkyl halides is 2. The molecule has 0 heterocycles. The highest BCUT2D eigenvalue weighted by Gasteiger charge is 2.14. The van der Waals surface area contributed by atoms with Crippen LogP contribution >= 0.6 is 0 Å². The minimum atomic E-state index is -3.02. The van der Waals surface area contributed by atoms with Gasteiger partial charge in [0.25, 0.3) is 0 Å². The molecule has 17 heavy (non-hydrogen) atoms. The average molecular weight is 244 g/mol. The van der Waals surface area contributed by atoms with Crippen LogP contribution in [-0.4, -0.2) is 24.0 Å². The molecular weight excluding hydrogens is 234 g/mol. The van der Waals surface area contributed by atoms with E-state index in [-0.39, 0.29) is 23.3 Å². The molecule has 1 rings (SSSR count). The molecule has 1 N–H and O–H groups in total. The van der Waals surface area contributed by atoms with E-state index in [0.29, 0.717) is 11.8 Å². The van der Waals surface area contributed by atoms with Crippen molar-refractivity contribution in [2.24, 2.45) is 0 Å². The molecule has 0 spiro atoms. The van der Waals surface area contributed by atoms with E-state index in [1.807, 2.05) is 0 Å². The monoisotopic (exact) mass is 244 g/mol. The molecule has 0 atom stereocenters. The third-order valence-corrected chi connectivity index (χ3v) is 2.18. The number of benzene rings is 1. The zero-order valence-corrected chi connectivity index (χ0v) is 8.94. The largest absolute Gasteiger partial charge is 0.481 e. The molecular formula is C11H10F2O4. The average Bonchev–Trinajstić information content (AvgIpc) is 2.22. The molecule has 1 aromatic rings. The van der Waals surface area contributed by atoms with Gasteiger partial charge in [-0.3, -0.25) is 9.59 Å². The van der Waals surface area contributed by atoms with Gasteiger partial charge in [-0.05, 0) is 30.2 Å². The summed E-state index contributed by atoms with van der Waals surface area (Å²) in [5.41, 5.74) is 0.665. The molecule has 0 aliphatic carbocycles. The van der Waals surface area contributed by atoms with Gasteiger partial charge in [0.15, 0.2) is 0 Å². The van der Waals surface area contributed by atoms with Gasteiger partial charge in [0.05, 0.1) is 6.42 Å². The number of rotatable bonds is 5. The number of halogens is 2. The van der Waals surface area contributed by atoms with Crippen molar-refractivity contribution < 1.29 is 28.2 Å². The first kappa shape index (κ1) is 13.1. The van der Waals surface area contributed by atoms with Gasteiger partial charge in [-0.2, -0.15) is 8.78 Å². The number of ether oxygens (including phenoxy) is 1. The summed E-state index contributed by atoms with van der Waals surface area (Å²) in [6.07, 6.45) is 0.0935. The van der Waals surface area contributed by atoms with Gasteiger partial charge in [0, 0.05) is 5.56 Å². The number of hydrogen-bond donors (Lipinski definition) is 1. The number of carboxylic acids is 1. The predicted molar refractivity (Wildman–Crippen MR) is 54.5 cm³/mol. The van der Waals surface area contributed by atoms with Crippen molar-refractivity contribution in [1.29, 1.82) is 0 Å². The van der Waals surface area contributed by atoms with Gasteiger partial charge in [0.2, 0.25) is 0 Å². The van der Waals surface area contributed by atoms with Gasteiger partial charge < -0.3 is 9.84 Å². The van der Waals surface area contributed by atoms with Crippen molar-refractivity contribution in [1.82, 2.24) is 0 Å². The van der Waals surface area contributed by atoms with Crippen LogP contribution in [0.5, 0.6) is 5.75 Å². The van der Waals surface area contributed by atoms with Crippen LogP contribution in [0.15, 0.2) is 12.1 Å². The zero-order chi connectivity index (χ0) is 13.0. The molecule has 0 radical (unpaired) electrons. The Kier molecular flexibility index (Phi) is 4.14. The molecule has 6 heteroatoms. The Balaban J connectivity index is 3.20. The quantitative estimate of drug-likeness (QED) is 0.805. The summed E-state index contributed by atoms with van der Waals surface area (Å²) in [4.78, 5) is 21.2. The van der Waals surface area contributed by atoms with Gasteiger partial charge in [-0.15, -0.1) is 0 Å². The number of aldehydes is 1. The van der Waals surface area contributed by atoms with E-state index in [1.54, 1.807) is 0 Å². The molecule has 0 fully saturated rings. The summed E-state index contributed by atoms with van der Waals surface area (Å²) in [6.45, 7) is -1.56. The fraction of sp³-hybridized carbons (Fsp3) is 0.273. The molecule has 0 bridgehead atoms. The van der Waals surface area contributed by atoms with Crippen LogP contribution in [-0.2, 0) is 11.2 Å². The summed E-state index contributed by atoms with van der Waals surface area (Å²) < 4.78 is 28.4. The van der Waals surface area contributed by atoms with Gasteiger partial charge in [0.1, 0.15) is 12.0 Å². The van der Waals surface area contributed by atoms with Crippen LogP contribution in [0.25, 0.3) is 0 Å². The SMILES string of the molecule is Cc1c(CC(=O)O)cc(C=O)cc1OC(F)F. The maximum Gasteiger partial charge on any atom is 0.387 e. The van der Waals surface area contributed by atoms with Gasteiger partial charge in [-0.25, -0.2) is 0 Å². The highest BCUT2D eigenvalue weighted by molar-refractivity contribution is 5.78. The maximum atomic E-state index is 12.1. The van der Waals surface area contributed by atoms with Crippen molar-refractivity contribution >= 4 is 12.3 Å². The van der Waals surface area contributed by atoms with E-state index in [1.165, 1.54) is 13.0 Å². The standard InChI is InChI=1S/C11H10F2O4/c1-6-8(4-10(15)16)2-7(5-14)3-9(6)17-11(12)13/h2-3,5,11H,4H2,1H3,(H,15,16). The molecule has 0 aliphatic heterocycles. The fourth-order valence-corrected chi connectivity index (χ4v) is 1.40. The molecule has 1 aromatic carbocycles. The first-order chi connectivity index (χ1) is 7.93. The maximum absolute atomic E-state index is 12.1.